The number of para-hydroxylation sites is 2. The van der Waals surface area contributed by atoms with Gasteiger partial charge in [-0.25, -0.2) is 4.99 Å². The highest BCUT2D eigenvalue weighted by atomic mass is 32.2. The second kappa shape index (κ2) is 8.25. The number of aryl methyl sites for hydroxylation is 5. The minimum atomic E-state index is -0.0200. The number of thioether (sulfide) groups is 1. The summed E-state index contributed by atoms with van der Waals surface area (Å²) in [5.41, 5.74) is 6.17. The number of amides is 1. The molecule has 30 heavy (non-hydrogen) atoms. The third-order valence-electron chi connectivity index (χ3n) is 5.15. The summed E-state index contributed by atoms with van der Waals surface area (Å²) in [5.74, 6) is -0.0200. The molecule has 0 saturated carbocycles. The molecule has 0 unspecified atom stereocenters. The molecule has 4 rings (SSSR count). The van der Waals surface area contributed by atoms with E-state index in [1.165, 1.54) is 16.6 Å². The molecule has 2 aromatic carbocycles. The van der Waals surface area contributed by atoms with Crippen LogP contribution in [0.2, 0.25) is 0 Å². The van der Waals surface area contributed by atoms with Crippen molar-refractivity contribution >= 4 is 51.6 Å². The highest BCUT2D eigenvalue weighted by Gasteiger charge is 2.36. The van der Waals surface area contributed by atoms with Crippen LogP contribution in [0.4, 0.5) is 11.4 Å². The third kappa shape index (κ3) is 3.87. The van der Waals surface area contributed by atoms with Crippen LogP contribution < -0.4 is 4.90 Å². The molecule has 1 saturated heterocycles. The van der Waals surface area contributed by atoms with Gasteiger partial charge in [-0.05, 0) is 86.8 Å². The van der Waals surface area contributed by atoms with E-state index in [1.807, 2.05) is 44.2 Å². The Labute approximate surface area is 186 Å². The predicted octanol–water partition coefficient (Wildman–Crippen LogP) is 7.10. The standard InChI is InChI=1S/C25H24N2OS2/c1-15-8-6-9-16(2)22(15)26-25-27(23-17(3)10-7-11-18(23)4)24(28)21(30-25)14-20-13-12-19(5)29-20/h6-14H,1-5H3. The number of carbonyl (C=O) groups is 1. The Morgan fingerprint density at radius 1 is 0.833 bits per heavy atom. The van der Waals surface area contributed by atoms with Crippen molar-refractivity contribution in [1.82, 2.24) is 0 Å². The van der Waals surface area contributed by atoms with Crippen LogP contribution in [0.25, 0.3) is 6.08 Å². The van der Waals surface area contributed by atoms with Gasteiger partial charge < -0.3 is 0 Å². The zero-order valence-electron chi connectivity index (χ0n) is 17.8. The summed E-state index contributed by atoms with van der Waals surface area (Å²) in [4.78, 5) is 23.3. The Morgan fingerprint density at radius 3 is 2.00 bits per heavy atom. The van der Waals surface area contributed by atoms with E-state index in [0.717, 1.165) is 38.5 Å². The largest absolute Gasteiger partial charge is 0.271 e. The van der Waals surface area contributed by atoms with Gasteiger partial charge in [0.1, 0.15) is 0 Å². The van der Waals surface area contributed by atoms with Gasteiger partial charge in [-0.3, -0.25) is 9.69 Å². The van der Waals surface area contributed by atoms with Crippen LogP contribution in [0, 0.1) is 34.6 Å². The Balaban J connectivity index is 1.88. The van der Waals surface area contributed by atoms with E-state index in [9.17, 15) is 4.79 Å². The lowest BCUT2D eigenvalue weighted by molar-refractivity contribution is -0.113. The molecule has 0 radical (unpaired) electrons. The van der Waals surface area contributed by atoms with Crippen LogP contribution in [-0.2, 0) is 4.79 Å². The van der Waals surface area contributed by atoms with E-state index < -0.39 is 0 Å². The topological polar surface area (TPSA) is 32.7 Å². The summed E-state index contributed by atoms with van der Waals surface area (Å²) in [6, 6.07) is 16.4. The lowest BCUT2D eigenvalue weighted by atomic mass is 10.1. The quantitative estimate of drug-likeness (QED) is 0.414. The van der Waals surface area contributed by atoms with E-state index >= 15 is 0 Å². The van der Waals surface area contributed by atoms with Crippen molar-refractivity contribution in [3.8, 4) is 0 Å². The number of aliphatic imine (C=N–C) groups is 1. The van der Waals surface area contributed by atoms with Gasteiger partial charge in [-0.15, -0.1) is 11.3 Å². The van der Waals surface area contributed by atoms with Gasteiger partial charge in [0.05, 0.1) is 16.3 Å². The number of hydrogen-bond acceptors (Lipinski definition) is 4. The van der Waals surface area contributed by atoms with Crippen molar-refractivity contribution in [1.29, 1.82) is 0 Å². The van der Waals surface area contributed by atoms with Gasteiger partial charge in [-0.1, -0.05) is 36.4 Å². The van der Waals surface area contributed by atoms with Crippen LogP contribution in [0.1, 0.15) is 32.0 Å². The van der Waals surface area contributed by atoms with Gasteiger partial charge in [0.15, 0.2) is 5.17 Å². The van der Waals surface area contributed by atoms with Gasteiger partial charge in [0, 0.05) is 9.75 Å². The van der Waals surface area contributed by atoms with Crippen molar-refractivity contribution < 1.29 is 4.79 Å². The number of hydrogen-bond donors (Lipinski definition) is 0. The first kappa shape index (κ1) is 20.6. The number of rotatable bonds is 3. The summed E-state index contributed by atoms with van der Waals surface area (Å²) in [6.07, 6.45) is 1.98. The zero-order chi connectivity index (χ0) is 21.4. The maximum absolute atomic E-state index is 13.6. The molecule has 0 atom stereocenters. The molecule has 1 aromatic heterocycles. The summed E-state index contributed by atoms with van der Waals surface area (Å²) in [5, 5.41) is 0.703. The highest BCUT2D eigenvalue weighted by Crippen LogP contribution is 2.41. The summed E-state index contributed by atoms with van der Waals surface area (Å²) in [7, 11) is 0. The molecule has 0 N–H and O–H groups in total. The zero-order valence-corrected chi connectivity index (χ0v) is 19.4. The number of carbonyl (C=O) groups excluding carboxylic acids is 1. The van der Waals surface area contributed by atoms with Gasteiger partial charge in [0.2, 0.25) is 0 Å². The Kier molecular flexibility index (Phi) is 5.67. The lowest BCUT2D eigenvalue weighted by Gasteiger charge is -2.21. The number of amidine groups is 1. The monoisotopic (exact) mass is 432 g/mol. The molecule has 1 fully saturated rings. The molecular weight excluding hydrogens is 408 g/mol. The van der Waals surface area contributed by atoms with E-state index in [0.29, 0.717) is 10.1 Å². The van der Waals surface area contributed by atoms with Gasteiger partial charge in [0.25, 0.3) is 5.91 Å². The SMILES string of the molecule is Cc1ccc(C=C2SC(=Nc3c(C)cccc3C)N(c3c(C)cccc3C)C2=O)s1. The second-order valence-electron chi connectivity index (χ2n) is 7.57. The lowest BCUT2D eigenvalue weighted by Crippen LogP contribution is -2.30. The molecule has 5 heteroatoms. The maximum Gasteiger partial charge on any atom is 0.271 e. The molecule has 0 bridgehead atoms. The average Bonchev–Trinajstić information content (AvgIpc) is 3.23. The fourth-order valence-electron chi connectivity index (χ4n) is 3.64. The summed E-state index contributed by atoms with van der Waals surface area (Å²) < 4.78 is 0. The van der Waals surface area contributed by atoms with Crippen molar-refractivity contribution in [3.63, 3.8) is 0 Å². The van der Waals surface area contributed by atoms with E-state index in [-0.39, 0.29) is 5.91 Å². The molecule has 2 heterocycles. The number of benzene rings is 2. The minimum absolute atomic E-state index is 0.0200. The number of anilines is 1. The fraction of sp³-hybridized carbons (Fsp3) is 0.200. The maximum atomic E-state index is 13.6. The Morgan fingerprint density at radius 2 is 1.43 bits per heavy atom. The number of nitrogens with zero attached hydrogens (tertiary/aromatic N) is 2. The molecule has 1 aliphatic rings. The fourth-order valence-corrected chi connectivity index (χ4v) is 5.50. The van der Waals surface area contributed by atoms with Crippen LogP contribution in [0.15, 0.2) is 58.4 Å². The van der Waals surface area contributed by atoms with Crippen LogP contribution in [0.5, 0.6) is 0 Å². The van der Waals surface area contributed by atoms with E-state index in [1.54, 1.807) is 16.2 Å². The molecule has 3 nitrogen and oxygen atoms in total. The van der Waals surface area contributed by atoms with Crippen LogP contribution in [-0.4, -0.2) is 11.1 Å². The summed E-state index contributed by atoms with van der Waals surface area (Å²) >= 11 is 3.14. The molecule has 0 aliphatic carbocycles. The first-order valence-electron chi connectivity index (χ1n) is 9.86. The minimum Gasteiger partial charge on any atom is -0.268 e. The first-order chi connectivity index (χ1) is 14.3. The molecule has 152 valence electrons. The van der Waals surface area contributed by atoms with Gasteiger partial charge >= 0.3 is 0 Å². The Bertz CT molecular complexity index is 1160. The molecular formula is C25H24N2OS2. The normalized spacial score (nSPS) is 16.8. The van der Waals surface area contributed by atoms with E-state index in [2.05, 4.69) is 45.0 Å². The van der Waals surface area contributed by atoms with Crippen molar-refractivity contribution in [2.45, 2.75) is 34.6 Å². The van der Waals surface area contributed by atoms with Crippen molar-refractivity contribution in [2.24, 2.45) is 4.99 Å². The van der Waals surface area contributed by atoms with E-state index in [4.69, 9.17) is 4.99 Å². The van der Waals surface area contributed by atoms with Crippen molar-refractivity contribution in [3.05, 3.63) is 85.4 Å². The average molecular weight is 433 g/mol. The molecule has 0 spiro atoms. The molecule has 1 amide bonds. The first-order valence-corrected chi connectivity index (χ1v) is 11.5. The predicted molar refractivity (Wildman–Crippen MR) is 131 cm³/mol. The van der Waals surface area contributed by atoms with Gasteiger partial charge in [-0.2, -0.15) is 0 Å². The molecule has 1 aliphatic heterocycles. The highest BCUT2D eigenvalue weighted by molar-refractivity contribution is 8.19. The van der Waals surface area contributed by atoms with Crippen LogP contribution in [0.3, 0.4) is 0 Å². The number of thiophene rings is 1. The molecule has 3 aromatic rings. The second-order valence-corrected chi connectivity index (χ2v) is 9.90. The smallest absolute Gasteiger partial charge is 0.268 e. The van der Waals surface area contributed by atoms with Crippen LogP contribution >= 0.6 is 23.1 Å². The Hall–Kier alpha value is -2.63. The van der Waals surface area contributed by atoms with Crippen molar-refractivity contribution in [2.75, 3.05) is 4.90 Å². The summed E-state index contributed by atoms with van der Waals surface area (Å²) in [6.45, 7) is 10.3. The third-order valence-corrected chi connectivity index (χ3v) is 7.07.